The van der Waals surface area contributed by atoms with Crippen LogP contribution in [0.15, 0.2) is 24.3 Å². The van der Waals surface area contributed by atoms with Crippen LogP contribution in [0.5, 0.6) is 0 Å². The number of benzene rings is 1. The Morgan fingerprint density at radius 3 is 2.75 bits per heavy atom. The molecule has 0 bridgehead atoms. The molecule has 0 atom stereocenters. The van der Waals surface area contributed by atoms with E-state index in [4.69, 9.17) is 0 Å². The van der Waals surface area contributed by atoms with Gasteiger partial charge < -0.3 is 5.32 Å². The minimum absolute atomic E-state index is 0.724. The van der Waals surface area contributed by atoms with E-state index in [1.165, 1.54) is 11.1 Å². The quantitative estimate of drug-likeness (QED) is 0.850. The molecule has 1 aromatic heterocycles. The fourth-order valence-electron chi connectivity index (χ4n) is 1.86. The van der Waals surface area contributed by atoms with E-state index in [1.54, 1.807) is 0 Å². The first-order chi connectivity index (χ1) is 7.85. The summed E-state index contributed by atoms with van der Waals surface area (Å²) in [5, 5.41) is 4.28. The Morgan fingerprint density at radius 1 is 1.19 bits per heavy atom. The van der Waals surface area contributed by atoms with Crippen LogP contribution in [0.4, 0.5) is 0 Å². The smallest absolute Gasteiger partial charge is 0.143 e. The predicted molar refractivity (Wildman–Crippen MR) is 66.3 cm³/mol. The second-order valence-electron chi connectivity index (χ2n) is 3.88. The van der Waals surface area contributed by atoms with E-state index < -0.39 is 0 Å². The van der Waals surface area contributed by atoms with Gasteiger partial charge in [-0.15, -0.1) is 0 Å². The number of para-hydroxylation sites is 1. The second-order valence-corrected chi connectivity index (χ2v) is 3.88. The lowest BCUT2D eigenvalue weighted by Crippen LogP contribution is -2.10. The van der Waals surface area contributed by atoms with Crippen LogP contribution in [0.3, 0.4) is 0 Å². The summed E-state index contributed by atoms with van der Waals surface area (Å²) in [5.74, 6) is 0.879. The summed E-state index contributed by atoms with van der Waals surface area (Å²) in [6.45, 7) is 2.90. The van der Waals surface area contributed by atoms with Crippen LogP contribution >= 0.6 is 0 Å². The maximum absolute atomic E-state index is 4.61. The number of aromatic nitrogens is 2. The number of rotatable bonds is 4. The number of aryl methyl sites for hydroxylation is 1. The first-order valence-corrected chi connectivity index (χ1v) is 5.74. The van der Waals surface area contributed by atoms with Crippen LogP contribution in [0.2, 0.25) is 0 Å². The van der Waals surface area contributed by atoms with Crippen LogP contribution in [-0.2, 0) is 13.0 Å². The molecule has 0 aliphatic carbocycles. The van der Waals surface area contributed by atoms with Gasteiger partial charge in [0.1, 0.15) is 5.82 Å². The lowest BCUT2D eigenvalue weighted by molar-refractivity contribution is 0.749. The minimum atomic E-state index is 0.724. The fourth-order valence-corrected chi connectivity index (χ4v) is 1.86. The van der Waals surface area contributed by atoms with Gasteiger partial charge in [0.15, 0.2) is 0 Å². The van der Waals surface area contributed by atoms with Gasteiger partial charge in [0.05, 0.1) is 17.8 Å². The highest BCUT2D eigenvalue weighted by atomic mass is 15.0. The highest BCUT2D eigenvalue weighted by Crippen LogP contribution is 2.16. The van der Waals surface area contributed by atoms with E-state index in [1.807, 2.05) is 19.2 Å². The van der Waals surface area contributed by atoms with E-state index in [0.29, 0.717) is 0 Å². The molecule has 0 aliphatic heterocycles. The van der Waals surface area contributed by atoms with Crippen molar-refractivity contribution in [3.8, 4) is 0 Å². The molecule has 0 amide bonds. The van der Waals surface area contributed by atoms with Crippen molar-refractivity contribution >= 4 is 10.9 Å². The van der Waals surface area contributed by atoms with Crippen molar-refractivity contribution < 1.29 is 0 Å². The van der Waals surface area contributed by atoms with E-state index in [-0.39, 0.29) is 0 Å². The molecule has 16 heavy (non-hydrogen) atoms. The molecule has 0 radical (unpaired) electrons. The molecule has 3 heteroatoms. The molecule has 2 rings (SSSR count). The molecule has 1 heterocycles. The maximum atomic E-state index is 4.61. The van der Waals surface area contributed by atoms with Crippen LogP contribution < -0.4 is 5.32 Å². The lowest BCUT2D eigenvalue weighted by atomic mass is 10.1. The molecule has 84 valence electrons. The zero-order valence-corrected chi connectivity index (χ0v) is 9.83. The van der Waals surface area contributed by atoms with Crippen molar-refractivity contribution in [2.24, 2.45) is 0 Å². The molecule has 0 saturated carbocycles. The number of hydrogen-bond donors (Lipinski definition) is 1. The number of nitrogens with zero attached hydrogens (tertiary/aromatic N) is 2. The molecule has 0 fully saturated rings. The van der Waals surface area contributed by atoms with Crippen LogP contribution in [0.25, 0.3) is 10.9 Å². The summed E-state index contributed by atoms with van der Waals surface area (Å²) in [6, 6.07) is 8.22. The van der Waals surface area contributed by atoms with E-state index in [9.17, 15) is 0 Å². The zero-order valence-electron chi connectivity index (χ0n) is 9.83. The summed E-state index contributed by atoms with van der Waals surface area (Å²) >= 11 is 0. The summed E-state index contributed by atoms with van der Waals surface area (Å²) < 4.78 is 0. The van der Waals surface area contributed by atoms with Gasteiger partial charge in [0.25, 0.3) is 0 Å². The van der Waals surface area contributed by atoms with Crippen molar-refractivity contribution in [1.29, 1.82) is 0 Å². The van der Waals surface area contributed by atoms with Gasteiger partial charge in [-0.3, -0.25) is 0 Å². The third-order valence-corrected chi connectivity index (χ3v) is 2.55. The monoisotopic (exact) mass is 215 g/mol. The summed E-state index contributed by atoms with van der Waals surface area (Å²) in [7, 11) is 1.91. The molecule has 0 aliphatic rings. The summed E-state index contributed by atoms with van der Waals surface area (Å²) in [5.41, 5.74) is 2.21. The number of nitrogens with one attached hydrogen (secondary N) is 1. The molecular formula is C13H17N3. The summed E-state index contributed by atoms with van der Waals surface area (Å²) in [4.78, 5) is 9.14. The Labute approximate surface area is 95.9 Å². The standard InChI is InChI=1S/C13H17N3/c1-3-6-11-10-7-4-5-8-12(10)16-13(15-11)9-14-2/h4-5,7-8,14H,3,6,9H2,1-2H3. The molecule has 0 spiro atoms. The summed E-state index contributed by atoms with van der Waals surface area (Å²) in [6.07, 6.45) is 2.12. The van der Waals surface area contributed by atoms with E-state index >= 15 is 0 Å². The Kier molecular flexibility index (Phi) is 3.47. The second kappa shape index (κ2) is 5.03. The third-order valence-electron chi connectivity index (χ3n) is 2.55. The molecular weight excluding hydrogens is 198 g/mol. The van der Waals surface area contributed by atoms with E-state index in [0.717, 1.165) is 30.7 Å². The van der Waals surface area contributed by atoms with Gasteiger partial charge in [-0.2, -0.15) is 0 Å². The molecule has 0 saturated heterocycles. The SMILES string of the molecule is CCCc1nc(CNC)nc2ccccc12. The Morgan fingerprint density at radius 2 is 2.00 bits per heavy atom. The van der Waals surface area contributed by atoms with Crippen molar-refractivity contribution in [1.82, 2.24) is 15.3 Å². The third kappa shape index (κ3) is 2.19. The predicted octanol–water partition coefficient (Wildman–Crippen LogP) is 2.30. The van der Waals surface area contributed by atoms with Gasteiger partial charge in [0.2, 0.25) is 0 Å². The minimum Gasteiger partial charge on any atom is -0.313 e. The number of fused-ring (bicyclic) bond motifs is 1. The Hall–Kier alpha value is -1.48. The van der Waals surface area contributed by atoms with Crippen molar-refractivity contribution in [2.75, 3.05) is 7.05 Å². The highest BCUT2D eigenvalue weighted by Gasteiger charge is 2.05. The average molecular weight is 215 g/mol. The molecule has 3 nitrogen and oxygen atoms in total. The largest absolute Gasteiger partial charge is 0.313 e. The molecule has 2 aromatic rings. The van der Waals surface area contributed by atoms with Crippen LogP contribution in [0.1, 0.15) is 24.9 Å². The zero-order chi connectivity index (χ0) is 11.4. The lowest BCUT2D eigenvalue weighted by Gasteiger charge is -2.07. The topological polar surface area (TPSA) is 37.8 Å². The highest BCUT2D eigenvalue weighted by molar-refractivity contribution is 5.80. The molecule has 1 N–H and O–H groups in total. The first kappa shape index (κ1) is 11.0. The van der Waals surface area contributed by atoms with Crippen molar-refractivity contribution in [3.63, 3.8) is 0 Å². The first-order valence-electron chi connectivity index (χ1n) is 5.74. The normalized spacial score (nSPS) is 10.9. The fraction of sp³-hybridized carbons (Fsp3) is 0.385. The Bertz CT molecular complexity index is 480. The van der Waals surface area contributed by atoms with Gasteiger partial charge in [0, 0.05) is 5.39 Å². The van der Waals surface area contributed by atoms with Crippen LogP contribution in [0, 0.1) is 0 Å². The van der Waals surface area contributed by atoms with Crippen molar-refractivity contribution in [3.05, 3.63) is 35.8 Å². The van der Waals surface area contributed by atoms with Crippen molar-refractivity contribution in [2.45, 2.75) is 26.3 Å². The number of hydrogen-bond acceptors (Lipinski definition) is 3. The van der Waals surface area contributed by atoms with Gasteiger partial charge in [-0.1, -0.05) is 31.5 Å². The van der Waals surface area contributed by atoms with Crippen LogP contribution in [-0.4, -0.2) is 17.0 Å². The maximum Gasteiger partial charge on any atom is 0.143 e. The van der Waals surface area contributed by atoms with Gasteiger partial charge in [-0.05, 0) is 19.5 Å². The Balaban J connectivity index is 2.54. The van der Waals surface area contributed by atoms with E-state index in [2.05, 4.69) is 34.3 Å². The molecule has 0 unspecified atom stereocenters. The molecule has 1 aromatic carbocycles. The van der Waals surface area contributed by atoms with Gasteiger partial charge >= 0.3 is 0 Å². The average Bonchev–Trinajstić information content (AvgIpc) is 2.30. The van der Waals surface area contributed by atoms with Gasteiger partial charge in [-0.25, -0.2) is 9.97 Å².